The molecule has 1 aromatic heterocycles. The zero-order chi connectivity index (χ0) is 33.4. The standard InChI is InChI=1S/C39H44F2N4O3/c1-39(20-27-15-16-28(21-39)45(27)24-35(40)41)38(48)43-34(37(46)47)19-25-9-7-13-31-29(25)12-8-14-33(31)36-32-11-4-3-10-30(32)26(22-42-36)23-44-17-5-2-6-18-44/h3-4,7-14,22,27-28,34-35H,2,5-6,15-21,23-24H2,1H3,(H,43,48)(H,46,47)/t27?,28?,34-,39?/m0/s1. The number of nitrogens with one attached hydrogen (secondary N) is 1. The largest absolute Gasteiger partial charge is 0.480 e. The fourth-order valence-corrected chi connectivity index (χ4v) is 8.68. The van der Waals surface area contributed by atoms with Gasteiger partial charge in [-0.1, -0.05) is 74.0 Å². The molecule has 1 amide bonds. The van der Waals surface area contributed by atoms with Crippen molar-refractivity contribution < 1.29 is 23.5 Å². The number of carboxylic acid groups (broad SMARTS) is 1. The van der Waals surface area contributed by atoms with Gasteiger partial charge in [0.05, 0.1) is 12.2 Å². The van der Waals surface area contributed by atoms with E-state index in [4.69, 9.17) is 4.98 Å². The monoisotopic (exact) mass is 654 g/mol. The number of carbonyl (C=O) groups excluding carboxylic acids is 1. The average molecular weight is 655 g/mol. The number of halogens is 2. The smallest absolute Gasteiger partial charge is 0.326 e. The Hall–Kier alpha value is -3.95. The number of hydrogen-bond donors (Lipinski definition) is 2. The highest BCUT2D eigenvalue weighted by atomic mass is 19.3. The molecule has 0 aliphatic carbocycles. The number of carboxylic acids is 1. The predicted molar refractivity (Wildman–Crippen MR) is 184 cm³/mol. The topological polar surface area (TPSA) is 85.8 Å². The molecule has 0 spiro atoms. The summed E-state index contributed by atoms with van der Waals surface area (Å²) in [6, 6.07) is 19.1. The fraction of sp³-hybridized carbons (Fsp3) is 0.462. The van der Waals surface area contributed by atoms with Crippen molar-refractivity contribution in [2.24, 2.45) is 5.41 Å². The van der Waals surface area contributed by atoms with Gasteiger partial charge >= 0.3 is 5.97 Å². The minimum Gasteiger partial charge on any atom is -0.480 e. The second-order valence-corrected chi connectivity index (χ2v) is 14.3. The highest BCUT2D eigenvalue weighted by molar-refractivity contribution is 6.05. The van der Waals surface area contributed by atoms with Crippen LogP contribution in [0.4, 0.5) is 8.78 Å². The van der Waals surface area contributed by atoms with Crippen LogP contribution in [-0.2, 0) is 22.6 Å². The number of fused-ring (bicyclic) bond motifs is 4. The number of rotatable bonds is 10. The number of aromatic nitrogens is 1. The lowest BCUT2D eigenvalue weighted by Crippen LogP contribution is -2.55. The third-order valence-electron chi connectivity index (χ3n) is 11.1. The summed E-state index contributed by atoms with van der Waals surface area (Å²) in [7, 11) is 0. The van der Waals surface area contributed by atoms with E-state index < -0.39 is 23.9 Å². The maximum Gasteiger partial charge on any atom is 0.326 e. The lowest BCUT2D eigenvalue weighted by atomic mass is 9.75. The number of amides is 1. The van der Waals surface area contributed by atoms with Gasteiger partial charge in [-0.3, -0.25) is 19.6 Å². The molecule has 3 saturated heterocycles. The highest BCUT2D eigenvalue weighted by Crippen LogP contribution is 2.46. The summed E-state index contributed by atoms with van der Waals surface area (Å²) in [5.74, 6) is -1.42. The van der Waals surface area contributed by atoms with Gasteiger partial charge in [-0.05, 0) is 78.9 Å². The lowest BCUT2D eigenvalue weighted by molar-refractivity contribution is -0.145. The first-order chi connectivity index (χ1) is 23.2. The first-order valence-corrected chi connectivity index (χ1v) is 17.4. The van der Waals surface area contributed by atoms with Gasteiger partial charge in [0.25, 0.3) is 6.43 Å². The number of carbonyl (C=O) groups is 2. The van der Waals surface area contributed by atoms with Crippen molar-refractivity contribution in [1.29, 1.82) is 0 Å². The summed E-state index contributed by atoms with van der Waals surface area (Å²) in [6.07, 6.45) is 5.93. The Morgan fingerprint density at radius 2 is 1.54 bits per heavy atom. The van der Waals surface area contributed by atoms with Crippen LogP contribution in [0, 0.1) is 5.41 Å². The molecule has 3 aliphatic heterocycles. The molecule has 3 aliphatic rings. The third kappa shape index (κ3) is 6.42. The van der Waals surface area contributed by atoms with Gasteiger partial charge in [-0.2, -0.15) is 0 Å². The maximum absolute atomic E-state index is 13.7. The van der Waals surface area contributed by atoms with E-state index in [2.05, 4.69) is 34.5 Å². The van der Waals surface area contributed by atoms with E-state index in [0.717, 1.165) is 65.5 Å². The first kappa shape index (κ1) is 32.6. The molecule has 9 heteroatoms. The van der Waals surface area contributed by atoms with Crippen molar-refractivity contribution in [3.8, 4) is 11.3 Å². The lowest BCUT2D eigenvalue weighted by Gasteiger charge is -2.44. The molecule has 0 radical (unpaired) electrons. The minimum atomic E-state index is -2.41. The Morgan fingerprint density at radius 1 is 0.896 bits per heavy atom. The predicted octanol–water partition coefficient (Wildman–Crippen LogP) is 7.05. The van der Waals surface area contributed by atoms with E-state index in [9.17, 15) is 23.5 Å². The number of alkyl halides is 2. The van der Waals surface area contributed by atoms with Gasteiger partial charge in [0.15, 0.2) is 0 Å². The van der Waals surface area contributed by atoms with Crippen molar-refractivity contribution >= 4 is 33.4 Å². The second kappa shape index (κ2) is 13.5. The summed E-state index contributed by atoms with van der Waals surface area (Å²) >= 11 is 0. The SMILES string of the molecule is CC1(C(=O)N[C@@H](Cc2cccc3c(-c4ncc(CN5CCCCC5)c5ccccc45)cccc23)C(=O)O)CC2CCC(C1)N2CC(F)F. The van der Waals surface area contributed by atoms with Gasteiger partial charge in [0.1, 0.15) is 6.04 Å². The molecule has 7 nitrogen and oxygen atoms in total. The van der Waals surface area contributed by atoms with Gasteiger partial charge in [0, 0.05) is 47.6 Å². The van der Waals surface area contributed by atoms with Crippen LogP contribution in [0.25, 0.3) is 32.8 Å². The minimum absolute atomic E-state index is 0.0863. The molecule has 2 N–H and O–H groups in total. The van der Waals surface area contributed by atoms with Gasteiger partial charge in [-0.15, -0.1) is 0 Å². The number of benzene rings is 3. The molecule has 0 saturated carbocycles. The van der Waals surface area contributed by atoms with E-state index in [1.54, 1.807) is 0 Å². The van der Waals surface area contributed by atoms with Crippen molar-refractivity contribution in [1.82, 2.24) is 20.1 Å². The molecule has 7 rings (SSSR count). The Kier molecular flexibility index (Phi) is 9.18. The summed E-state index contributed by atoms with van der Waals surface area (Å²) in [5, 5.41) is 17.3. The molecule has 48 heavy (non-hydrogen) atoms. The van der Waals surface area contributed by atoms with Crippen LogP contribution in [0.5, 0.6) is 0 Å². The van der Waals surface area contributed by atoms with Crippen LogP contribution in [0.2, 0.25) is 0 Å². The van der Waals surface area contributed by atoms with Crippen LogP contribution in [0.3, 0.4) is 0 Å². The fourth-order valence-electron chi connectivity index (χ4n) is 8.68. The molecule has 2 unspecified atom stereocenters. The molecule has 3 fully saturated rings. The van der Waals surface area contributed by atoms with Gasteiger partial charge in [0.2, 0.25) is 5.91 Å². The van der Waals surface area contributed by atoms with Crippen molar-refractivity contribution in [2.75, 3.05) is 19.6 Å². The number of pyridine rings is 1. The second-order valence-electron chi connectivity index (χ2n) is 14.3. The summed E-state index contributed by atoms with van der Waals surface area (Å²) < 4.78 is 26.4. The first-order valence-electron chi connectivity index (χ1n) is 17.4. The van der Waals surface area contributed by atoms with E-state index in [1.165, 1.54) is 30.2 Å². The quantitative estimate of drug-likeness (QED) is 0.191. The zero-order valence-electron chi connectivity index (χ0n) is 27.5. The number of piperidine rings is 2. The summed E-state index contributed by atoms with van der Waals surface area (Å²) in [4.78, 5) is 35.7. The van der Waals surface area contributed by atoms with E-state index in [0.29, 0.717) is 12.8 Å². The maximum atomic E-state index is 13.7. The van der Waals surface area contributed by atoms with Crippen LogP contribution >= 0.6 is 0 Å². The molecule has 252 valence electrons. The molecule has 4 heterocycles. The van der Waals surface area contributed by atoms with Gasteiger partial charge < -0.3 is 10.4 Å². The molecular formula is C39H44F2N4O3. The van der Waals surface area contributed by atoms with Gasteiger partial charge in [-0.25, -0.2) is 13.6 Å². The average Bonchev–Trinajstić information content (AvgIpc) is 3.31. The van der Waals surface area contributed by atoms with Crippen LogP contribution in [0.15, 0.2) is 66.9 Å². The van der Waals surface area contributed by atoms with Crippen LogP contribution in [-0.4, -0.2) is 76.0 Å². The number of nitrogens with zero attached hydrogens (tertiary/aromatic N) is 3. The van der Waals surface area contributed by atoms with Crippen molar-refractivity contribution in [3.05, 3.63) is 78.0 Å². The van der Waals surface area contributed by atoms with Crippen LogP contribution in [0.1, 0.15) is 63.0 Å². The Bertz CT molecular complexity index is 1810. The molecular weight excluding hydrogens is 610 g/mol. The van der Waals surface area contributed by atoms with Crippen molar-refractivity contribution in [2.45, 2.75) is 89.4 Å². The summed E-state index contributed by atoms with van der Waals surface area (Å²) in [5.41, 5.74) is 3.10. The molecule has 3 aromatic carbocycles. The van der Waals surface area contributed by atoms with E-state index >= 15 is 0 Å². The molecule has 4 aromatic rings. The Labute approximate surface area is 280 Å². The number of likely N-dealkylation sites (tertiary alicyclic amines) is 1. The van der Waals surface area contributed by atoms with E-state index in [-0.39, 0.29) is 31.0 Å². The Balaban J connectivity index is 1.15. The third-order valence-corrected chi connectivity index (χ3v) is 11.1. The molecule has 2 bridgehead atoms. The van der Waals surface area contributed by atoms with Crippen molar-refractivity contribution in [3.63, 3.8) is 0 Å². The normalized spacial score (nSPS) is 23.9. The van der Waals surface area contributed by atoms with E-state index in [1.807, 2.05) is 54.4 Å². The number of aliphatic carboxylic acids is 1. The van der Waals surface area contributed by atoms with Crippen LogP contribution < -0.4 is 5.32 Å². The molecule has 3 atom stereocenters. The zero-order valence-corrected chi connectivity index (χ0v) is 27.5. The Morgan fingerprint density at radius 3 is 2.25 bits per heavy atom. The summed E-state index contributed by atoms with van der Waals surface area (Å²) in [6.45, 7) is 4.68. The number of hydrogen-bond acceptors (Lipinski definition) is 5. The highest BCUT2D eigenvalue weighted by Gasteiger charge is 2.50.